The first kappa shape index (κ1) is 21.0. The Morgan fingerprint density at radius 3 is 2.15 bits per heavy atom. The minimum absolute atomic E-state index is 0.0410. The van der Waals surface area contributed by atoms with Crippen molar-refractivity contribution in [2.75, 3.05) is 27.6 Å². The molecule has 0 aromatic carbocycles. The Kier molecular flexibility index (Phi) is 6.82. The van der Waals surface area contributed by atoms with Crippen LogP contribution in [0.25, 0.3) is 0 Å². The Balaban J connectivity index is 1.72. The van der Waals surface area contributed by atoms with Gasteiger partial charge in [0.1, 0.15) is 0 Å². The third-order valence-corrected chi connectivity index (χ3v) is 7.71. The number of rotatable bonds is 6. The third-order valence-electron chi connectivity index (χ3n) is 6.67. The molecule has 0 spiro atoms. The number of sulfonamides is 1. The fourth-order valence-electron chi connectivity index (χ4n) is 5.08. The van der Waals surface area contributed by atoms with Crippen molar-refractivity contribution >= 4 is 15.7 Å². The van der Waals surface area contributed by atoms with Gasteiger partial charge in [0.15, 0.2) is 0 Å². The van der Waals surface area contributed by atoms with Crippen LogP contribution in [0.3, 0.4) is 0 Å². The van der Waals surface area contributed by atoms with Crippen LogP contribution in [0.4, 0.5) is 0 Å². The van der Waals surface area contributed by atoms with Crippen molar-refractivity contribution in [2.24, 2.45) is 16.9 Å². The molecule has 0 bridgehead atoms. The Morgan fingerprint density at radius 1 is 0.926 bits per heavy atom. The molecule has 3 rings (SSSR count). The molecule has 3 aliphatic rings. The molecule has 1 heterocycles. The minimum atomic E-state index is -3.37. The lowest BCUT2D eigenvalue weighted by atomic mass is 9.77. The monoisotopic (exact) mass is 402 g/mol. The molecule has 0 amide bonds. The number of methoxy groups -OCH3 is 3. The van der Waals surface area contributed by atoms with Crippen molar-refractivity contribution in [2.45, 2.75) is 75.7 Å². The molecule has 2 saturated carbocycles. The maximum absolute atomic E-state index is 12.4. The number of hydrogen-bond donors (Lipinski definition) is 0. The normalized spacial score (nSPS) is 38.1. The summed E-state index contributed by atoms with van der Waals surface area (Å²) in [5, 5.41) is 4.63. The quantitative estimate of drug-likeness (QED) is 0.682. The van der Waals surface area contributed by atoms with Gasteiger partial charge in [-0.2, -0.15) is 9.52 Å². The molecule has 0 saturated heterocycles. The summed E-state index contributed by atoms with van der Waals surface area (Å²) in [4.78, 5) is 0. The second-order valence-corrected chi connectivity index (χ2v) is 10.1. The number of hydrogen-bond acceptors (Lipinski definition) is 6. The average Bonchev–Trinajstić information content (AvgIpc) is 3.13. The fourth-order valence-corrected chi connectivity index (χ4v) is 6.07. The van der Waals surface area contributed by atoms with E-state index in [-0.39, 0.29) is 24.2 Å². The van der Waals surface area contributed by atoms with E-state index in [1.165, 1.54) is 10.7 Å². The first-order valence-corrected chi connectivity index (χ1v) is 11.9. The summed E-state index contributed by atoms with van der Waals surface area (Å²) in [6.07, 6.45) is 9.18. The highest BCUT2D eigenvalue weighted by Crippen LogP contribution is 2.39. The van der Waals surface area contributed by atoms with Crippen LogP contribution in [0.5, 0.6) is 0 Å². The van der Waals surface area contributed by atoms with E-state index in [2.05, 4.69) is 5.10 Å². The first-order valence-electron chi connectivity index (χ1n) is 10.0. The van der Waals surface area contributed by atoms with Crippen LogP contribution in [0.1, 0.15) is 51.4 Å². The topological polar surface area (TPSA) is 77.4 Å². The SMILES string of the molecule is COC1CCC(C2CC(C3CCC(OC)C(OC)C3)=NN2S(C)(=O)=O)CC1. The first-order chi connectivity index (χ1) is 12.9. The second kappa shape index (κ2) is 8.76. The van der Waals surface area contributed by atoms with Gasteiger partial charge in [-0.05, 0) is 50.9 Å². The van der Waals surface area contributed by atoms with E-state index in [0.717, 1.165) is 57.1 Å². The standard InChI is InChI=1S/C19H34N2O5S/c1-24-15-8-5-13(6-9-15)17-12-16(20-21(17)27(4,22)23)14-7-10-18(25-2)19(11-14)26-3/h13-15,17-19H,5-12H2,1-4H3. The summed E-state index contributed by atoms with van der Waals surface area (Å²) in [6, 6.07) is -0.0473. The van der Waals surface area contributed by atoms with E-state index in [1.54, 1.807) is 21.3 Å². The van der Waals surface area contributed by atoms with E-state index in [1.807, 2.05) is 0 Å². The molecule has 4 unspecified atom stereocenters. The van der Waals surface area contributed by atoms with Gasteiger partial charge in [0.25, 0.3) is 0 Å². The molecule has 8 heteroatoms. The molecule has 0 N–H and O–H groups in total. The zero-order chi connectivity index (χ0) is 19.6. The molecule has 27 heavy (non-hydrogen) atoms. The van der Waals surface area contributed by atoms with E-state index in [4.69, 9.17) is 14.2 Å². The van der Waals surface area contributed by atoms with E-state index >= 15 is 0 Å². The number of nitrogens with zero attached hydrogens (tertiary/aromatic N) is 2. The predicted molar refractivity (Wildman–Crippen MR) is 104 cm³/mol. The molecule has 1 aliphatic heterocycles. The summed E-state index contributed by atoms with van der Waals surface area (Å²) in [7, 11) is 1.83. The molecule has 0 aromatic heterocycles. The van der Waals surface area contributed by atoms with Gasteiger partial charge in [-0.25, -0.2) is 8.42 Å². The lowest BCUT2D eigenvalue weighted by molar-refractivity contribution is -0.0639. The molecule has 7 nitrogen and oxygen atoms in total. The van der Waals surface area contributed by atoms with Crippen LogP contribution in [-0.2, 0) is 24.2 Å². The van der Waals surface area contributed by atoms with Gasteiger partial charge in [-0.15, -0.1) is 0 Å². The third kappa shape index (κ3) is 4.66. The lowest BCUT2D eigenvalue weighted by Gasteiger charge is -2.35. The highest BCUT2D eigenvalue weighted by Gasteiger charge is 2.43. The summed E-state index contributed by atoms with van der Waals surface area (Å²) >= 11 is 0. The van der Waals surface area contributed by atoms with Crippen molar-refractivity contribution in [3.63, 3.8) is 0 Å². The smallest absolute Gasteiger partial charge is 0.247 e. The van der Waals surface area contributed by atoms with E-state index in [0.29, 0.717) is 12.0 Å². The zero-order valence-electron chi connectivity index (χ0n) is 17.0. The molecule has 156 valence electrons. The number of ether oxygens (including phenoxy) is 3. The highest BCUT2D eigenvalue weighted by molar-refractivity contribution is 7.88. The average molecular weight is 403 g/mol. The van der Waals surface area contributed by atoms with Crippen LogP contribution in [-0.4, -0.2) is 70.5 Å². The summed E-state index contributed by atoms with van der Waals surface area (Å²) in [5.74, 6) is 0.617. The van der Waals surface area contributed by atoms with Crippen LogP contribution >= 0.6 is 0 Å². The van der Waals surface area contributed by atoms with Crippen LogP contribution < -0.4 is 0 Å². The Labute approximate surface area is 163 Å². The predicted octanol–water partition coefficient (Wildman–Crippen LogP) is 2.41. The summed E-state index contributed by atoms with van der Waals surface area (Å²) in [5.41, 5.74) is 1.02. The summed E-state index contributed by atoms with van der Waals surface area (Å²) in [6.45, 7) is 0. The lowest BCUT2D eigenvalue weighted by Crippen LogP contribution is -2.40. The van der Waals surface area contributed by atoms with Crippen LogP contribution in [0.2, 0.25) is 0 Å². The highest BCUT2D eigenvalue weighted by atomic mass is 32.2. The van der Waals surface area contributed by atoms with Gasteiger partial charge in [0.2, 0.25) is 10.0 Å². The molecule has 0 aromatic rings. The minimum Gasteiger partial charge on any atom is -0.381 e. The van der Waals surface area contributed by atoms with Gasteiger partial charge in [-0.3, -0.25) is 0 Å². The van der Waals surface area contributed by atoms with Crippen molar-refractivity contribution in [1.82, 2.24) is 4.41 Å². The summed E-state index contributed by atoms with van der Waals surface area (Å²) < 4.78 is 42.8. The van der Waals surface area contributed by atoms with E-state index < -0.39 is 10.0 Å². The van der Waals surface area contributed by atoms with Gasteiger partial charge < -0.3 is 14.2 Å². The Morgan fingerprint density at radius 2 is 1.59 bits per heavy atom. The van der Waals surface area contributed by atoms with Crippen molar-refractivity contribution in [3.05, 3.63) is 0 Å². The molecular weight excluding hydrogens is 368 g/mol. The Hall–Kier alpha value is -0.700. The van der Waals surface area contributed by atoms with Crippen LogP contribution in [0, 0.1) is 11.8 Å². The van der Waals surface area contributed by atoms with Crippen LogP contribution in [0.15, 0.2) is 5.10 Å². The van der Waals surface area contributed by atoms with Gasteiger partial charge in [-0.1, -0.05) is 0 Å². The molecule has 0 radical (unpaired) electrons. The van der Waals surface area contributed by atoms with Crippen molar-refractivity contribution < 1.29 is 22.6 Å². The Bertz CT molecular complexity index is 630. The second-order valence-electron chi connectivity index (χ2n) is 8.23. The van der Waals surface area contributed by atoms with Crippen molar-refractivity contribution in [1.29, 1.82) is 0 Å². The molecule has 2 aliphatic carbocycles. The zero-order valence-corrected chi connectivity index (χ0v) is 17.8. The largest absolute Gasteiger partial charge is 0.381 e. The fraction of sp³-hybridized carbons (Fsp3) is 0.947. The van der Waals surface area contributed by atoms with E-state index in [9.17, 15) is 8.42 Å². The number of hydrazone groups is 1. The maximum atomic E-state index is 12.4. The van der Waals surface area contributed by atoms with Gasteiger partial charge in [0, 0.05) is 39.4 Å². The maximum Gasteiger partial charge on any atom is 0.247 e. The van der Waals surface area contributed by atoms with Gasteiger partial charge >= 0.3 is 0 Å². The molecule has 2 fully saturated rings. The van der Waals surface area contributed by atoms with Gasteiger partial charge in [0.05, 0.1) is 30.6 Å². The molecular formula is C19H34N2O5S. The molecule has 4 atom stereocenters. The van der Waals surface area contributed by atoms with Crippen molar-refractivity contribution in [3.8, 4) is 0 Å².